The lowest BCUT2D eigenvalue weighted by Crippen LogP contribution is -2.36. The summed E-state index contributed by atoms with van der Waals surface area (Å²) in [6.45, 7) is 4.59. The van der Waals surface area contributed by atoms with Crippen LogP contribution in [0.4, 0.5) is 5.82 Å². The van der Waals surface area contributed by atoms with Crippen LogP contribution in [-0.4, -0.2) is 49.6 Å². The summed E-state index contributed by atoms with van der Waals surface area (Å²) in [5.74, 6) is 0.0667. The lowest BCUT2D eigenvalue weighted by Gasteiger charge is -2.27. The quantitative estimate of drug-likeness (QED) is 0.611. The molecule has 3 rings (SSSR count). The average molecular weight is 346 g/mol. The van der Waals surface area contributed by atoms with Crippen molar-refractivity contribution >= 4 is 28.9 Å². The minimum atomic E-state index is -0.544. The number of rotatable bonds is 5. The van der Waals surface area contributed by atoms with Crippen LogP contribution in [0, 0.1) is 6.92 Å². The number of Topliss-reactive ketones (excluding diaryl/α,β-unsaturated/α-hetero) is 1. The number of carbonyl (C=O) groups excluding carboxylic acids is 2. The van der Waals surface area contributed by atoms with Gasteiger partial charge in [-0.05, 0) is 31.2 Å². The SMILES string of the molecule is Cc1ccc(C(=O)COC(=O)c2ccc(N3CCOCC3)nc2)s1. The minimum absolute atomic E-state index is 0.195. The second-order valence-electron chi connectivity index (χ2n) is 5.41. The molecule has 0 bridgehead atoms. The number of nitrogens with zero attached hydrogens (tertiary/aromatic N) is 2. The van der Waals surface area contributed by atoms with Crippen LogP contribution >= 0.6 is 11.3 Å². The first-order valence-corrected chi connectivity index (χ1v) is 8.50. The summed E-state index contributed by atoms with van der Waals surface area (Å²) in [6.07, 6.45) is 1.48. The Morgan fingerprint density at radius 2 is 2.04 bits per heavy atom. The van der Waals surface area contributed by atoms with Crippen molar-refractivity contribution in [1.82, 2.24) is 4.98 Å². The number of anilines is 1. The predicted molar refractivity (Wildman–Crippen MR) is 90.9 cm³/mol. The fraction of sp³-hybridized carbons (Fsp3) is 0.353. The standard InChI is InChI=1S/C17H18N2O4S/c1-12-2-4-15(24-12)14(20)11-23-17(21)13-3-5-16(18-10-13)19-6-8-22-9-7-19/h2-5,10H,6-9,11H2,1H3. The van der Waals surface area contributed by atoms with Gasteiger partial charge < -0.3 is 14.4 Å². The zero-order valence-electron chi connectivity index (χ0n) is 13.4. The molecule has 6 nitrogen and oxygen atoms in total. The van der Waals surface area contributed by atoms with Gasteiger partial charge in [0.05, 0.1) is 23.7 Å². The third-order valence-corrected chi connectivity index (χ3v) is 4.71. The first-order valence-electron chi connectivity index (χ1n) is 7.69. The van der Waals surface area contributed by atoms with E-state index in [9.17, 15) is 9.59 Å². The van der Waals surface area contributed by atoms with Crippen molar-refractivity contribution in [1.29, 1.82) is 0 Å². The van der Waals surface area contributed by atoms with Crippen molar-refractivity contribution in [3.8, 4) is 0 Å². The fourth-order valence-corrected chi connectivity index (χ4v) is 3.15. The van der Waals surface area contributed by atoms with Gasteiger partial charge in [-0.2, -0.15) is 0 Å². The number of pyridine rings is 1. The molecule has 3 heterocycles. The van der Waals surface area contributed by atoms with Crippen LogP contribution in [0.5, 0.6) is 0 Å². The number of esters is 1. The van der Waals surface area contributed by atoms with E-state index in [0.29, 0.717) is 23.7 Å². The van der Waals surface area contributed by atoms with Gasteiger partial charge in [-0.1, -0.05) is 0 Å². The van der Waals surface area contributed by atoms with Crippen LogP contribution in [-0.2, 0) is 9.47 Å². The third-order valence-electron chi connectivity index (χ3n) is 3.67. The molecule has 126 valence electrons. The number of hydrogen-bond acceptors (Lipinski definition) is 7. The maximum Gasteiger partial charge on any atom is 0.340 e. The molecule has 0 atom stereocenters. The Bertz CT molecular complexity index is 720. The van der Waals surface area contributed by atoms with Gasteiger partial charge in [-0.15, -0.1) is 11.3 Å². The molecule has 1 saturated heterocycles. The number of ether oxygens (including phenoxy) is 2. The van der Waals surface area contributed by atoms with E-state index in [1.807, 2.05) is 13.0 Å². The molecule has 0 aromatic carbocycles. The first kappa shape index (κ1) is 16.6. The van der Waals surface area contributed by atoms with E-state index in [0.717, 1.165) is 23.8 Å². The van der Waals surface area contributed by atoms with Crippen molar-refractivity contribution in [2.75, 3.05) is 37.8 Å². The van der Waals surface area contributed by atoms with Crippen molar-refractivity contribution in [3.05, 3.63) is 45.8 Å². The number of thiophene rings is 1. The van der Waals surface area contributed by atoms with Gasteiger partial charge in [0.2, 0.25) is 5.78 Å². The highest BCUT2D eigenvalue weighted by Gasteiger charge is 2.16. The number of aryl methyl sites for hydroxylation is 1. The molecule has 0 unspecified atom stereocenters. The molecule has 2 aromatic rings. The smallest absolute Gasteiger partial charge is 0.340 e. The molecule has 0 aliphatic carbocycles. The van der Waals surface area contributed by atoms with Crippen LogP contribution in [0.1, 0.15) is 24.9 Å². The molecule has 0 radical (unpaired) electrons. The monoisotopic (exact) mass is 346 g/mol. The predicted octanol–water partition coefficient (Wildman–Crippen LogP) is 2.33. The lowest BCUT2D eigenvalue weighted by molar-refractivity contribution is 0.0475. The number of aromatic nitrogens is 1. The van der Waals surface area contributed by atoms with E-state index in [2.05, 4.69) is 9.88 Å². The average Bonchev–Trinajstić information content (AvgIpc) is 3.07. The largest absolute Gasteiger partial charge is 0.454 e. The Balaban J connectivity index is 1.55. The number of ketones is 1. The summed E-state index contributed by atoms with van der Waals surface area (Å²) >= 11 is 1.39. The molecule has 1 aliphatic heterocycles. The van der Waals surface area contributed by atoms with Crippen LogP contribution in [0.2, 0.25) is 0 Å². The summed E-state index contributed by atoms with van der Waals surface area (Å²) in [4.78, 5) is 32.0. The fourth-order valence-electron chi connectivity index (χ4n) is 2.36. The summed E-state index contributed by atoms with van der Waals surface area (Å²) in [5, 5.41) is 0. The molecule has 0 saturated carbocycles. The van der Waals surface area contributed by atoms with Gasteiger partial charge in [-0.3, -0.25) is 4.79 Å². The molecule has 1 fully saturated rings. The zero-order valence-corrected chi connectivity index (χ0v) is 14.2. The van der Waals surface area contributed by atoms with E-state index in [1.165, 1.54) is 17.5 Å². The van der Waals surface area contributed by atoms with Gasteiger partial charge in [0, 0.05) is 24.2 Å². The zero-order chi connectivity index (χ0) is 16.9. The van der Waals surface area contributed by atoms with Gasteiger partial charge in [0.25, 0.3) is 0 Å². The van der Waals surface area contributed by atoms with Crippen molar-refractivity contribution in [2.45, 2.75) is 6.92 Å². The van der Waals surface area contributed by atoms with Crippen LogP contribution in [0.15, 0.2) is 30.5 Å². The van der Waals surface area contributed by atoms with Crippen LogP contribution in [0.3, 0.4) is 0 Å². The number of hydrogen-bond donors (Lipinski definition) is 0. The first-order chi connectivity index (χ1) is 11.6. The van der Waals surface area contributed by atoms with E-state index in [4.69, 9.17) is 9.47 Å². The van der Waals surface area contributed by atoms with Gasteiger partial charge >= 0.3 is 5.97 Å². The molecule has 2 aromatic heterocycles. The van der Waals surface area contributed by atoms with E-state index >= 15 is 0 Å². The van der Waals surface area contributed by atoms with E-state index in [1.54, 1.807) is 18.2 Å². The second-order valence-corrected chi connectivity index (χ2v) is 6.70. The maximum atomic E-state index is 12.0. The van der Waals surface area contributed by atoms with E-state index < -0.39 is 5.97 Å². The molecule has 0 amide bonds. The summed E-state index contributed by atoms with van der Waals surface area (Å²) in [7, 11) is 0. The summed E-state index contributed by atoms with van der Waals surface area (Å²) in [6, 6.07) is 7.06. The van der Waals surface area contributed by atoms with Crippen LogP contribution in [0.25, 0.3) is 0 Å². The summed E-state index contributed by atoms with van der Waals surface area (Å²) < 4.78 is 10.4. The van der Waals surface area contributed by atoms with Gasteiger partial charge in [0.1, 0.15) is 5.82 Å². The Kier molecular flexibility index (Phi) is 5.22. The molecule has 0 spiro atoms. The third kappa shape index (κ3) is 3.98. The number of morpholine rings is 1. The lowest BCUT2D eigenvalue weighted by atomic mass is 10.2. The van der Waals surface area contributed by atoms with Crippen molar-refractivity contribution in [2.24, 2.45) is 0 Å². The highest BCUT2D eigenvalue weighted by molar-refractivity contribution is 7.14. The molecule has 1 aliphatic rings. The molecular weight excluding hydrogens is 328 g/mol. The Hall–Kier alpha value is -2.25. The highest BCUT2D eigenvalue weighted by Crippen LogP contribution is 2.16. The van der Waals surface area contributed by atoms with Gasteiger partial charge in [-0.25, -0.2) is 9.78 Å². The van der Waals surface area contributed by atoms with Gasteiger partial charge in [0.15, 0.2) is 6.61 Å². The van der Waals surface area contributed by atoms with E-state index in [-0.39, 0.29) is 12.4 Å². The highest BCUT2D eigenvalue weighted by atomic mass is 32.1. The molecule has 7 heteroatoms. The molecule has 0 N–H and O–H groups in total. The van der Waals surface area contributed by atoms with Crippen LogP contribution < -0.4 is 4.90 Å². The van der Waals surface area contributed by atoms with Crippen molar-refractivity contribution < 1.29 is 19.1 Å². The Morgan fingerprint density at radius 3 is 2.67 bits per heavy atom. The normalized spacial score (nSPS) is 14.5. The molecular formula is C17H18N2O4S. The maximum absolute atomic E-state index is 12.0. The Morgan fingerprint density at radius 1 is 1.25 bits per heavy atom. The van der Waals surface area contributed by atoms with Crippen molar-refractivity contribution in [3.63, 3.8) is 0 Å². The molecule has 24 heavy (non-hydrogen) atoms. The minimum Gasteiger partial charge on any atom is -0.454 e. The summed E-state index contributed by atoms with van der Waals surface area (Å²) in [5.41, 5.74) is 0.335. The topological polar surface area (TPSA) is 68.7 Å². The second kappa shape index (κ2) is 7.55. The Labute approximate surface area is 144 Å². The number of carbonyl (C=O) groups is 2.